The van der Waals surface area contributed by atoms with Crippen molar-refractivity contribution in [2.24, 2.45) is 0 Å². The van der Waals surface area contributed by atoms with Gasteiger partial charge in [0.2, 0.25) is 11.8 Å². The second-order valence-electron chi connectivity index (χ2n) is 8.53. The Hall–Kier alpha value is -2.86. The van der Waals surface area contributed by atoms with Crippen molar-refractivity contribution in [1.82, 2.24) is 19.9 Å². The van der Waals surface area contributed by atoms with Gasteiger partial charge in [-0.25, -0.2) is 22.9 Å². The summed E-state index contributed by atoms with van der Waals surface area (Å²) >= 11 is 0. The molecule has 12 heteroatoms. The van der Waals surface area contributed by atoms with Crippen molar-refractivity contribution in [3.05, 3.63) is 28.1 Å². The molecule has 1 aromatic heterocycles. The SMILES string of the molecule is COc1cc(C(C)C)c(NC(=O)NS(=O)(=O)/C(C=N)=C2/NC[C@H](N(C)C)CO2)c(C(C)C)n1. The van der Waals surface area contributed by atoms with Gasteiger partial charge in [-0.2, -0.15) is 0 Å². The van der Waals surface area contributed by atoms with E-state index in [1.165, 1.54) is 7.11 Å². The number of hydrogen-bond donors (Lipinski definition) is 4. The van der Waals surface area contributed by atoms with Gasteiger partial charge in [0.15, 0.2) is 4.91 Å². The normalized spacial score (nSPS) is 17.9. The van der Waals surface area contributed by atoms with Crippen LogP contribution in [0.15, 0.2) is 16.9 Å². The van der Waals surface area contributed by atoms with Gasteiger partial charge in [-0.3, -0.25) is 0 Å². The quantitative estimate of drug-likeness (QED) is 0.412. The van der Waals surface area contributed by atoms with Gasteiger partial charge in [0.25, 0.3) is 10.0 Å². The highest BCUT2D eigenvalue weighted by atomic mass is 32.2. The van der Waals surface area contributed by atoms with E-state index < -0.39 is 21.0 Å². The van der Waals surface area contributed by atoms with Crippen molar-refractivity contribution in [1.29, 1.82) is 5.41 Å². The number of hydrogen-bond acceptors (Lipinski definition) is 9. The van der Waals surface area contributed by atoms with Crippen LogP contribution in [0.5, 0.6) is 5.88 Å². The van der Waals surface area contributed by atoms with Crippen LogP contribution < -0.4 is 20.1 Å². The summed E-state index contributed by atoms with van der Waals surface area (Å²) in [5, 5.41) is 13.1. The minimum atomic E-state index is -4.38. The fourth-order valence-corrected chi connectivity index (χ4v) is 4.18. The first kappa shape index (κ1) is 26.4. The molecule has 0 aromatic carbocycles. The molecule has 1 saturated heterocycles. The van der Waals surface area contributed by atoms with Crippen molar-refractivity contribution in [2.75, 3.05) is 39.7 Å². The molecule has 0 saturated carbocycles. The Labute approximate surface area is 195 Å². The van der Waals surface area contributed by atoms with Crippen LogP contribution in [0.3, 0.4) is 0 Å². The fourth-order valence-electron chi connectivity index (χ4n) is 3.24. The summed E-state index contributed by atoms with van der Waals surface area (Å²) in [6, 6.07) is 0.797. The van der Waals surface area contributed by atoms with E-state index in [1.54, 1.807) is 6.07 Å². The second kappa shape index (κ2) is 10.8. The van der Waals surface area contributed by atoms with E-state index in [4.69, 9.17) is 14.9 Å². The van der Waals surface area contributed by atoms with E-state index in [0.717, 1.165) is 5.56 Å². The van der Waals surface area contributed by atoms with Gasteiger partial charge in [0, 0.05) is 18.8 Å². The molecule has 2 rings (SSSR count). The van der Waals surface area contributed by atoms with Gasteiger partial charge in [-0.1, -0.05) is 27.7 Å². The summed E-state index contributed by atoms with van der Waals surface area (Å²) in [5.41, 5.74) is 1.76. The van der Waals surface area contributed by atoms with E-state index in [-0.39, 0.29) is 30.4 Å². The predicted octanol–water partition coefficient (Wildman–Crippen LogP) is 2.16. The first-order valence-corrected chi connectivity index (χ1v) is 12.1. The number of likely N-dealkylation sites (N-methyl/N-ethyl adjacent to an activating group) is 1. The first-order valence-electron chi connectivity index (χ1n) is 10.6. The molecule has 2 amide bonds. The van der Waals surface area contributed by atoms with Gasteiger partial charge >= 0.3 is 6.03 Å². The zero-order chi connectivity index (χ0) is 24.9. The zero-order valence-electron chi connectivity index (χ0n) is 20.1. The molecule has 0 spiro atoms. The fraction of sp³-hybridized carbons (Fsp3) is 0.571. The number of allylic oxidation sites excluding steroid dienone is 1. The minimum absolute atomic E-state index is 0.00930. The summed E-state index contributed by atoms with van der Waals surface area (Å²) in [4.78, 5) is 18.7. The lowest BCUT2D eigenvalue weighted by Crippen LogP contribution is -2.47. The average molecular weight is 483 g/mol. The molecule has 184 valence electrons. The number of ether oxygens (including phenoxy) is 2. The van der Waals surface area contributed by atoms with E-state index in [0.29, 0.717) is 30.0 Å². The van der Waals surface area contributed by atoms with Crippen LogP contribution in [0.2, 0.25) is 0 Å². The smallest absolute Gasteiger partial charge is 0.333 e. The number of nitrogens with one attached hydrogen (secondary N) is 4. The maximum absolute atomic E-state index is 12.9. The highest BCUT2D eigenvalue weighted by Crippen LogP contribution is 2.34. The van der Waals surface area contributed by atoms with Crippen LogP contribution >= 0.6 is 0 Å². The lowest BCUT2D eigenvalue weighted by atomic mass is 9.97. The van der Waals surface area contributed by atoms with Crippen molar-refractivity contribution in [2.45, 2.75) is 45.6 Å². The van der Waals surface area contributed by atoms with Crippen LogP contribution in [-0.4, -0.2) is 70.9 Å². The molecule has 0 aliphatic carbocycles. The number of methoxy groups -OCH3 is 1. The van der Waals surface area contributed by atoms with E-state index in [9.17, 15) is 13.2 Å². The third-order valence-corrected chi connectivity index (χ3v) is 6.53. The number of aromatic nitrogens is 1. The molecule has 0 unspecified atom stereocenters. The average Bonchev–Trinajstić information content (AvgIpc) is 2.73. The highest BCUT2D eigenvalue weighted by Gasteiger charge is 2.29. The largest absolute Gasteiger partial charge is 0.481 e. The van der Waals surface area contributed by atoms with Crippen molar-refractivity contribution >= 4 is 28.0 Å². The molecule has 2 heterocycles. The van der Waals surface area contributed by atoms with Crippen LogP contribution in [0.25, 0.3) is 0 Å². The maximum Gasteiger partial charge on any atom is 0.333 e. The molecule has 0 bridgehead atoms. The van der Waals surface area contributed by atoms with Gasteiger partial charge in [0.1, 0.15) is 6.61 Å². The summed E-state index contributed by atoms with van der Waals surface area (Å²) in [6.45, 7) is 8.41. The summed E-state index contributed by atoms with van der Waals surface area (Å²) < 4.78 is 38.5. The Kier molecular flexibility index (Phi) is 8.67. The number of rotatable bonds is 8. The third-order valence-electron chi connectivity index (χ3n) is 5.19. The number of pyridine rings is 1. The molecular weight excluding hydrogens is 448 g/mol. The standard InChI is InChI=1S/C21H34N6O5S/c1-12(2)15-8-17(31-7)24-18(13(3)4)19(15)25-21(28)26-33(29,30)16(9-22)20-23-10-14(11-32-20)27(5)6/h8-9,12-14,22-23H,10-11H2,1-7H3,(H2,25,26,28)/b20-16-,22-9?/t14-/m0/s1. The van der Waals surface area contributed by atoms with Crippen molar-refractivity contribution in [3.63, 3.8) is 0 Å². The zero-order valence-corrected chi connectivity index (χ0v) is 21.0. The molecule has 1 aromatic rings. The van der Waals surface area contributed by atoms with Gasteiger partial charge in [-0.15, -0.1) is 0 Å². The van der Waals surface area contributed by atoms with E-state index in [1.807, 2.05) is 51.4 Å². The lowest BCUT2D eigenvalue weighted by Gasteiger charge is -2.31. The van der Waals surface area contributed by atoms with Crippen molar-refractivity contribution in [3.8, 4) is 5.88 Å². The topological polar surface area (TPSA) is 146 Å². The number of sulfonamides is 1. The molecular formula is C21H34N6O5S. The monoisotopic (exact) mass is 482 g/mol. The van der Waals surface area contributed by atoms with Crippen LogP contribution in [0.4, 0.5) is 10.5 Å². The van der Waals surface area contributed by atoms with Crippen LogP contribution in [0, 0.1) is 5.41 Å². The molecule has 0 radical (unpaired) electrons. The molecule has 4 N–H and O–H groups in total. The van der Waals surface area contributed by atoms with E-state index in [2.05, 4.69) is 15.6 Å². The molecule has 1 atom stereocenters. The number of carbonyl (C=O) groups excluding carboxylic acids is 1. The Morgan fingerprint density at radius 3 is 2.45 bits per heavy atom. The summed E-state index contributed by atoms with van der Waals surface area (Å²) in [5.74, 6) is 0.289. The van der Waals surface area contributed by atoms with Gasteiger partial charge in [-0.05, 0) is 31.5 Å². The Balaban J connectivity index is 2.31. The van der Waals surface area contributed by atoms with E-state index >= 15 is 0 Å². The Morgan fingerprint density at radius 1 is 1.33 bits per heavy atom. The second-order valence-corrected chi connectivity index (χ2v) is 10.2. The number of carbonyl (C=O) groups is 1. The number of amides is 2. The Morgan fingerprint density at radius 2 is 2.00 bits per heavy atom. The van der Waals surface area contributed by atoms with Crippen molar-refractivity contribution < 1.29 is 22.7 Å². The molecule has 11 nitrogen and oxygen atoms in total. The number of anilines is 1. The van der Waals surface area contributed by atoms with Gasteiger partial charge in [0.05, 0.1) is 24.5 Å². The molecule has 1 aliphatic rings. The molecule has 1 fully saturated rings. The summed E-state index contributed by atoms with van der Waals surface area (Å²) in [7, 11) is 0.900. The first-order chi connectivity index (χ1) is 15.4. The lowest BCUT2D eigenvalue weighted by molar-refractivity contribution is 0.0827. The number of urea groups is 1. The maximum atomic E-state index is 12.9. The van der Waals surface area contributed by atoms with Gasteiger partial charge < -0.3 is 30.4 Å². The summed E-state index contributed by atoms with van der Waals surface area (Å²) in [6.07, 6.45) is 0.641. The van der Waals surface area contributed by atoms with Crippen LogP contribution in [-0.2, 0) is 14.8 Å². The Bertz CT molecular complexity index is 981. The number of nitrogens with zero attached hydrogens (tertiary/aromatic N) is 2. The molecule has 33 heavy (non-hydrogen) atoms. The molecule has 1 aliphatic heterocycles. The highest BCUT2D eigenvalue weighted by molar-refractivity contribution is 7.94. The minimum Gasteiger partial charge on any atom is -0.481 e. The third kappa shape index (κ3) is 6.35. The van der Waals surface area contributed by atoms with Crippen LogP contribution in [0.1, 0.15) is 50.8 Å². The predicted molar refractivity (Wildman–Crippen MR) is 127 cm³/mol.